The maximum atomic E-state index is 10.6. The fourth-order valence-electron chi connectivity index (χ4n) is 0.796. The molecule has 0 aliphatic heterocycles. The Hall–Kier alpha value is 0.0700. The molecule has 0 saturated heterocycles. The first-order chi connectivity index (χ1) is 6.12. The lowest BCUT2D eigenvalue weighted by Crippen LogP contribution is -2.07. The minimum absolute atomic E-state index is 0.153. The van der Waals surface area contributed by atoms with Gasteiger partial charge in [-0.25, -0.2) is 0 Å². The molecule has 0 aliphatic rings. The van der Waals surface area contributed by atoms with Gasteiger partial charge in [-0.3, -0.25) is 4.57 Å². The van der Waals surface area contributed by atoms with Crippen molar-refractivity contribution in [2.24, 2.45) is 0 Å². The molecule has 1 N–H and O–H groups in total. The predicted octanol–water partition coefficient (Wildman–Crippen LogP) is 0.670. The van der Waals surface area contributed by atoms with Gasteiger partial charge in [0.1, 0.15) is 0 Å². The highest BCUT2D eigenvalue weighted by Crippen LogP contribution is 2.36. The van der Waals surface area contributed by atoms with Gasteiger partial charge in [0, 0.05) is 13.7 Å². The third kappa shape index (κ3) is 8.40. The van der Waals surface area contributed by atoms with Crippen LogP contribution >= 0.6 is 7.82 Å². The summed E-state index contributed by atoms with van der Waals surface area (Å²) in [5.41, 5.74) is 0. The molecule has 0 aromatic heterocycles. The molecule has 0 spiro atoms. The SMILES string of the molecule is COP(=O)([O-])OCCCCCCO. The fraction of sp³-hybridized carbons (Fsp3) is 1.00. The average Bonchev–Trinajstić information content (AvgIpc) is 2.11. The quantitative estimate of drug-likeness (QED) is 0.471. The molecule has 0 saturated carbocycles. The van der Waals surface area contributed by atoms with E-state index in [2.05, 4.69) is 9.05 Å². The molecule has 5 nitrogen and oxygen atoms in total. The van der Waals surface area contributed by atoms with E-state index in [0.717, 1.165) is 26.4 Å². The minimum atomic E-state index is -4.03. The normalized spacial score (nSPS) is 15.6. The lowest BCUT2D eigenvalue weighted by Gasteiger charge is -2.19. The fourth-order valence-corrected chi connectivity index (χ4v) is 1.25. The van der Waals surface area contributed by atoms with E-state index < -0.39 is 7.82 Å². The van der Waals surface area contributed by atoms with E-state index >= 15 is 0 Å². The molecule has 0 fully saturated rings. The number of unbranched alkanes of at least 4 members (excludes halogenated alkanes) is 3. The molecule has 0 aromatic rings. The zero-order valence-corrected chi connectivity index (χ0v) is 8.66. The zero-order valence-electron chi connectivity index (χ0n) is 7.77. The van der Waals surface area contributed by atoms with Crippen LogP contribution in [0.2, 0.25) is 0 Å². The van der Waals surface area contributed by atoms with E-state index in [1.807, 2.05) is 0 Å². The highest BCUT2D eigenvalue weighted by Gasteiger charge is 2.04. The van der Waals surface area contributed by atoms with Gasteiger partial charge in [-0.2, -0.15) is 0 Å². The number of rotatable bonds is 8. The Balaban J connectivity index is 3.21. The second-order valence-corrected chi connectivity index (χ2v) is 4.12. The number of aliphatic hydroxyl groups is 1. The number of phosphoric acid groups is 1. The Kier molecular flexibility index (Phi) is 7.51. The van der Waals surface area contributed by atoms with Crippen LogP contribution in [0.15, 0.2) is 0 Å². The van der Waals surface area contributed by atoms with Crippen molar-refractivity contribution in [2.45, 2.75) is 25.7 Å². The van der Waals surface area contributed by atoms with E-state index in [0.29, 0.717) is 6.42 Å². The average molecular weight is 211 g/mol. The van der Waals surface area contributed by atoms with Gasteiger partial charge in [-0.05, 0) is 12.8 Å². The van der Waals surface area contributed by atoms with Crippen molar-refractivity contribution < 1.29 is 23.6 Å². The molecule has 1 atom stereocenters. The van der Waals surface area contributed by atoms with Crippen LogP contribution in [0.1, 0.15) is 25.7 Å². The van der Waals surface area contributed by atoms with Crippen molar-refractivity contribution in [3.05, 3.63) is 0 Å². The van der Waals surface area contributed by atoms with Gasteiger partial charge < -0.3 is 19.0 Å². The molecule has 0 rings (SSSR count). The van der Waals surface area contributed by atoms with E-state index in [-0.39, 0.29) is 13.2 Å². The molecular weight excluding hydrogens is 195 g/mol. The molecule has 0 bridgehead atoms. The van der Waals surface area contributed by atoms with Gasteiger partial charge in [0.05, 0.1) is 6.61 Å². The van der Waals surface area contributed by atoms with Crippen molar-refractivity contribution in [2.75, 3.05) is 20.3 Å². The maximum Gasteiger partial charge on any atom is 0.267 e. The number of hydrogen-bond acceptors (Lipinski definition) is 5. The van der Waals surface area contributed by atoms with E-state index in [4.69, 9.17) is 5.11 Å². The summed E-state index contributed by atoms with van der Waals surface area (Å²) in [4.78, 5) is 10.6. The molecule has 0 aromatic carbocycles. The van der Waals surface area contributed by atoms with Crippen LogP contribution in [-0.4, -0.2) is 25.4 Å². The van der Waals surface area contributed by atoms with E-state index in [1.54, 1.807) is 0 Å². The Labute approximate surface area is 78.3 Å². The third-order valence-electron chi connectivity index (χ3n) is 1.53. The summed E-state index contributed by atoms with van der Waals surface area (Å²) in [5, 5.41) is 8.44. The largest absolute Gasteiger partial charge is 0.756 e. The van der Waals surface area contributed by atoms with Crippen LogP contribution < -0.4 is 4.89 Å². The molecule has 0 amide bonds. The summed E-state index contributed by atoms with van der Waals surface area (Å²) < 4.78 is 19.2. The molecule has 13 heavy (non-hydrogen) atoms. The first-order valence-electron chi connectivity index (χ1n) is 4.24. The van der Waals surface area contributed by atoms with Gasteiger partial charge >= 0.3 is 0 Å². The molecule has 0 heterocycles. The molecule has 0 aliphatic carbocycles. The van der Waals surface area contributed by atoms with Crippen LogP contribution in [0.3, 0.4) is 0 Å². The summed E-state index contributed by atoms with van der Waals surface area (Å²) >= 11 is 0. The molecule has 6 heteroatoms. The van der Waals surface area contributed by atoms with Crippen molar-refractivity contribution in [3.63, 3.8) is 0 Å². The smallest absolute Gasteiger partial charge is 0.267 e. The van der Waals surface area contributed by atoms with E-state index in [9.17, 15) is 9.46 Å². The van der Waals surface area contributed by atoms with Crippen molar-refractivity contribution in [1.29, 1.82) is 0 Å². The summed E-state index contributed by atoms with van der Waals surface area (Å²) in [5.74, 6) is 0. The third-order valence-corrected chi connectivity index (χ3v) is 2.47. The second kappa shape index (κ2) is 7.47. The summed E-state index contributed by atoms with van der Waals surface area (Å²) in [6, 6.07) is 0. The standard InChI is InChI=1S/C7H17O5P/c1-11-13(9,10)12-7-5-3-2-4-6-8/h8H,2-7H2,1H3,(H,9,10)/p-1. The predicted molar refractivity (Wildman–Crippen MR) is 46.1 cm³/mol. The lowest BCUT2D eigenvalue weighted by molar-refractivity contribution is -0.223. The Morgan fingerprint density at radius 1 is 1.31 bits per heavy atom. The molecule has 80 valence electrons. The monoisotopic (exact) mass is 211 g/mol. The lowest BCUT2D eigenvalue weighted by atomic mass is 10.2. The highest BCUT2D eigenvalue weighted by atomic mass is 31.2. The van der Waals surface area contributed by atoms with Crippen LogP contribution in [-0.2, 0) is 13.6 Å². The topological polar surface area (TPSA) is 78.8 Å². The Bertz CT molecular complexity index is 161. The highest BCUT2D eigenvalue weighted by molar-refractivity contribution is 7.45. The first kappa shape index (κ1) is 13.1. The van der Waals surface area contributed by atoms with Crippen LogP contribution in [0.25, 0.3) is 0 Å². The van der Waals surface area contributed by atoms with Crippen LogP contribution in [0.5, 0.6) is 0 Å². The van der Waals surface area contributed by atoms with Crippen LogP contribution in [0.4, 0.5) is 0 Å². The van der Waals surface area contributed by atoms with Gasteiger partial charge in [-0.15, -0.1) is 0 Å². The number of hydrogen-bond donors (Lipinski definition) is 1. The van der Waals surface area contributed by atoms with E-state index in [1.165, 1.54) is 0 Å². The number of phosphoric ester groups is 1. The summed E-state index contributed by atoms with van der Waals surface area (Å²) in [6.07, 6.45) is 3.15. The molecular formula is C7H16O5P-. The first-order valence-corrected chi connectivity index (χ1v) is 5.70. The van der Waals surface area contributed by atoms with Gasteiger partial charge in [0.2, 0.25) is 0 Å². The van der Waals surface area contributed by atoms with Crippen molar-refractivity contribution in [1.82, 2.24) is 0 Å². The molecule has 1 unspecified atom stereocenters. The maximum absolute atomic E-state index is 10.6. The zero-order chi connectivity index (χ0) is 10.2. The van der Waals surface area contributed by atoms with Gasteiger partial charge in [0.15, 0.2) is 0 Å². The molecule has 0 radical (unpaired) electrons. The van der Waals surface area contributed by atoms with Crippen molar-refractivity contribution >= 4 is 7.82 Å². The second-order valence-electron chi connectivity index (χ2n) is 2.60. The summed E-state index contributed by atoms with van der Waals surface area (Å²) in [6.45, 7) is 0.332. The van der Waals surface area contributed by atoms with Crippen LogP contribution in [0, 0.1) is 0 Å². The number of aliphatic hydroxyl groups excluding tert-OH is 1. The summed E-state index contributed by atoms with van der Waals surface area (Å²) in [7, 11) is -2.96. The Morgan fingerprint density at radius 3 is 2.46 bits per heavy atom. The van der Waals surface area contributed by atoms with Gasteiger partial charge in [-0.1, -0.05) is 12.8 Å². The Morgan fingerprint density at radius 2 is 1.92 bits per heavy atom. The van der Waals surface area contributed by atoms with Crippen molar-refractivity contribution in [3.8, 4) is 0 Å². The minimum Gasteiger partial charge on any atom is -0.756 e. The van der Waals surface area contributed by atoms with Gasteiger partial charge in [0.25, 0.3) is 7.82 Å².